The zero-order valence-electron chi connectivity index (χ0n) is 16.7. The molecule has 5 rings (SSSR count). The summed E-state index contributed by atoms with van der Waals surface area (Å²) in [6.07, 6.45) is 0. The Hall–Kier alpha value is -3.56. The van der Waals surface area contributed by atoms with Crippen LogP contribution in [0.1, 0.15) is 0 Å². The Morgan fingerprint density at radius 1 is 0.419 bits per heavy atom. The molecule has 0 aliphatic rings. The molecule has 0 radical (unpaired) electrons. The fourth-order valence-electron chi connectivity index (χ4n) is 3.68. The molecule has 2 nitrogen and oxygen atoms in total. The largest absolute Gasteiger partial charge is 0.227 e. The van der Waals surface area contributed by atoms with E-state index in [-0.39, 0.29) is 0 Å². The van der Waals surface area contributed by atoms with E-state index < -0.39 is 0 Å². The predicted octanol–water partition coefficient (Wildman–Crippen LogP) is 7.91. The molecule has 0 atom stereocenters. The third-order valence-electron chi connectivity index (χ3n) is 5.17. The number of hydrogen-bond donors (Lipinski definition) is 0. The van der Waals surface area contributed by atoms with Gasteiger partial charge in [-0.3, -0.25) is 0 Å². The molecule has 0 saturated carbocycles. The molecule has 0 N–H and O–H groups in total. The molecule has 148 valence electrons. The van der Waals surface area contributed by atoms with E-state index in [9.17, 15) is 0 Å². The van der Waals surface area contributed by atoms with Crippen LogP contribution in [0.15, 0.2) is 120 Å². The number of nitrogens with zero attached hydrogens (tertiary/aromatic N) is 2. The molecule has 5 aromatic rings. The van der Waals surface area contributed by atoms with Crippen LogP contribution in [0.2, 0.25) is 0 Å². The molecule has 0 spiro atoms. The summed E-state index contributed by atoms with van der Waals surface area (Å²) < 4.78 is 1.03. The first kappa shape index (κ1) is 19.4. The van der Waals surface area contributed by atoms with E-state index in [2.05, 4.69) is 64.5 Å². The third kappa shape index (κ3) is 4.05. The minimum atomic E-state index is 0.713. The van der Waals surface area contributed by atoms with Crippen LogP contribution in [-0.4, -0.2) is 9.97 Å². The van der Waals surface area contributed by atoms with E-state index in [1.54, 1.807) is 0 Å². The zero-order valence-corrected chi connectivity index (χ0v) is 18.3. The van der Waals surface area contributed by atoms with Crippen LogP contribution in [0.3, 0.4) is 0 Å². The Labute approximate surface area is 190 Å². The number of aromatic nitrogens is 2. The second-order valence-electron chi connectivity index (χ2n) is 7.22. The molecular weight excluding hydrogens is 444 g/mol. The van der Waals surface area contributed by atoms with E-state index in [1.165, 1.54) is 0 Å². The molecule has 0 amide bonds. The predicted molar refractivity (Wildman–Crippen MR) is 131 cm³/mol. The summed E-state index contributed by atoms with van der Waals surface area (Å²) in [5.41, 5.74) is 7.12. The van der Waals surface area contributed by atoms with Crippen molar-refractivity contribution in [1.29, 1.82) is 0 Å². The summed E-state index contributed by atoms with van der Waals surface area (Å²) in [7, 11) is 0. The van der Waals surface area contributed by atoms with Gasteiger partial charge in [0.2, 0.25) is 0 Å². The monoisotopic (exact) mass is 462 g/mol. The smallest absolute Gasteiger partial charge is 0.160 e. The molecule has 0 aliphatic carbocycles. The first-order valence-electron chi connectivity index (χ1n) is 10.1. The lowest BCUT2D eigenvalue weighted by molar-refractivity contribution is 1.18. The van der Waals surface area contributed by atoms with Gasteiger partial charge < -0.3 is 0 Å². The summed E-state index contributed by atoms with van der Waals surface area (Å²) >= 11 is 3.52. The Morgan fingerprint density at radius 3 is 1.29 bits per heavy atom. The summed E-state index contributed by atoms with van der Waals surface area (Å²) in [4.78, 5) is 10.2. The van der Waals surface area contributed by atoms with Gasteiger partial charge in [0.05, 0.1) is 11.4 Å². The Kier molecular flexibility index (Phi) is 5.42. The molecule has 1 heterocycles. The van der Waals surface area contributed by atoms with Gasteiger partial charge in [0.25, 0.3) is 0 Å². The molecular formula is C28H19BrN2. The van der Waals surface area contributed by atoms with Gasteiger partial charge >= 0.3 is 0 Å². The second kappa shape index (κ2) is 8.66. The van der Waals surface area contributed by atoms with Crippen LogP contribution in [0, 0.1) is 0 Å². The van der Waals surface area contributed by atoms with Crippen molar-refractivity contribution in [3.8, 4) is 45.0 Å². The van der Waals surface area contributed by atoms with E-state index in [0.29, 0.717) is 5.82 Å². The standard InChI is InChI=1S/C28H19BrN2/c29-24-18-16-23(17-19-24)28-30-26(21-12-6-2-7-13-21)25(20-10-4-1-5-11-20)27(31-28)22-14-8-3-9-15-22/h1-19H. The van der Waals surface area contributed by atoms with Crippen molar-refractivity contribution in [1.82, 2.24) is 9.97 Å². The van der Waals surface area contributed by atoms with Crippen molar-refractivity contribution in [2.24, 2.45) is 0 Å². The van der Waals surface area contributed by atoms with Crippen molar-refractivity contribution < 1.29 is 0 Å². The lowest BCUT2D eigenvalue weighted by Crippen LogP contribution is -2.00. The van der Waals surface area contributed by atoms with Crippen LogP contribution in [0.25, 0.3) is 45.0 Å². The minimum absolute atomic E-state index is 0.713. The van der Waals surface area contributed by atoms with Gasteiger partial charge in [-0.15, -0.1) is 0 Å². The van der Waals surface area contributed by atoms with Crippen LogP contribution in [0.4, 0.5) is 0 Å². The molecule has 0 saturated heterocycles. The number of rotatable bonds is 4. The number of halogens is 1. The molecule has 1 aromatic heterocycles. The number of benzene rings is 4. The highest BCUT2D eigenvalue weighted by atomic mass is 79.9. The summed E-state index contributed by atoms with van der Waals surface area (Å²) in [5.74, 6) is 0.713. The van der Waals surface area contributed by atoms with E-state index in [1.807, 2.05) is 66.7 Å². The van der Waals surface area contributed by atoms with Gasteiger partial charge in [0.1, 0.15) is 0 Å². The van der Waals surface area contributed by atoms with Crippen molar-refractivity contribution >= 4 is 15.9 Å². The van der Waals surface area contributed by atoms with Gasteiger partial charge in [0.15, 0.2) is 5.82 Å². The highest BCUT2D eigenvalue weighted by Crippen LogP contribution is 2.39. The molecule has 31 heavy (non-hydrogen) atoms. The first-order valence-corrected chi connectivity index (χ1v) is 10.9. The van der Waals surface area contributed by atoms with Crippen molar-refractivity contribution in [3.05, 3.63) is 120 Å². The van der Waals surface area contributed by atoms with Crippen LogP contribution in [0.5, 0.6) is 0 Å². The Balaban J connectivity index is 1.86. The quantitative estimate of drug-likeness (QED) is 0.271. The lowest BCUT2D eigenvalue weighted by Gasteiger charge is -2.17. The highest BCUT2D eigenvalue weighted by Gasteiger charge is 2.19. The third-order valence-corrected chi connectivity index (χ3v) is 5.70. The molecule has 0 fully saturated rings. The van der Waals surface area contributed by atoms with Gasteiger partial charge in [-0.2, -0.15) is 0 Å². The minimum Gasteiger partial charge on any atom is -0.227 e. The average Bonchev–Trinajstić information content (AvgIpc) is 2.85. The topological polar surface area (TPSA) is 25.8 Å². The molecule has 0 bridgehead atoms. The molecule has 0 aliphatic heterocycles. The van der Waals surface area contributed by atoms with E-state index >= 15 is 0 Å². The van der Waals surface area contributed by atoms with E-state index in [0.717, 1.165) is 43.7 Å². The summed E-state index contributed by atoms with van der Waals surface area (Å²) in [5, 5.41) is 0. The van der Waals surface area contributed by atoms with Crippen molar-refractivity contribution in [3.63, 3.8) is 0 Å². The molecule has 4 aromatic carbocycles. The van der Waals surface area contributed by atoms with Gasteiger partial charge in [0, 0.05) is 26.7 Å². The Bertz CT molecular complexity index is 1240. The normalized spacial score (nSPS) is 10.7. The Morgan fingerprint density at radius 2 is 0.839 bits per heavy atom. The van der Waals surface area contributed by atoms with Gasteiger partial charge in [-0.1, -0.05) is 119 Å². The van der Waals surface area contributed by atoms with Crippen LogP contribution < -0.4 is 0 Å². The lowest BCUT2D eigenvalue weighted by atomic mass is 9.94. The van der Waals surface area contributed by atoms with E-state index in [4.69, 9.17) is 9.97 Å². The maximum atomic E-state index is 5.08. The van der Waals surface area contributed by atoms with Gasteiger partial charge in [-0.25, -0.2) is 9.97 Å². The molecule has 0 unspecified atom stereocenters. The second-order valence-corrected chi connectivity index (χ2v) is 8.14. The maximum absolute atomic E-state index is 5.08. The average molecular weight is 463 g/mol. The fraction of sp³-hybridized carbons (Fsp3) is 0. The fourth-order valence-corrected chi connectivity index (χ4v) is 3.94. The zero-order chi connectivity index (χ0) is 21.0. The van der Waals surface area contributed by atoms with Crippen LogP contribution >= 0.6 is 15.9 Å². The first-order chi connectivity index (χ1) is 15.3. The molecule has 3 heteroatoms. The highest BCUT2D eigenvalue weighted by molar-refractivity contribution is 9.10. The van der Waals surface area contributed by atoms with Crippen molar-refractivity contribution in [2.75, 3.05) is 0 Å². The summed E-state index contributed by atoms with van der Waals surface area (Å²) in [6.45, 7) is 0. The number of hydrogen-bond acceptors (Lipinski definition) is 2. The SMILES string of the molecule is Brc1ccc(-c2nc(-c3ccccc3)c(-c3ccccc3)c(-c3ccccc3)n2)cc1. The summed E-state index contributed by atoms with van der Waals surface area (Å²) in [6, 6.07) is 39.2. The van der Waals surface area contributed by atoms with Crippen molar-refractivity contribution in [2.45, 2.75) is 0 Å². The van der Waals surface area contributed by atoms with Crippen LogP contribution in [-0.2, 0) is 0 Å². The maximum Gasteiger partial charge on any atom is 0.160 e. The van der Waals surface area contributed by atoms with Gasteiger partial charge in [-0.05, 0) is 17.7 Å².